The Labute approximate surface area is 106 Å². The molecule has 0 bridgehead atoms. The van der Waals surface area contributed by atoms with Crippen LogP contribution in [0.1, 0.15) is 39.5 Å². The maximum atomic E-state index is 9.76. The predicted octanol–water partition coefficient (Wildman–Crippen LogP) is 2.14. The van der Waals surface area contributed by atoms with E-state index in [-0.39, 0.29) is 5.41 Å². The molecule has 0 spiro atoms. The van der Waals surface area contributed by atoms with Gasteiger partial charge in [-0.1, -0.05) is 19.8 Å². The second-order valence-corrected chi connectivity index (χ2v) is 6.08. The van der Waals surface area contributed by atoms with Gasteiger partial charge in [0, 0.05) is 31.7 Å². The Bertz CT molecular complexity index is 222. The van der Waals surface area contributed by atoms with E-state index >= 15 is 0 Å². The van der Waals surface area contributed by atoms with Crippen molar-refractivity contribution in [3.63, 3.8) is 0 Å². The summed E-state index contributed by atoms with van der Waals surface area (Å²) in [7, 11) is 3.88. The highest BCUT2D eigenvalue weighted by Gasteiger charge is 2.35. The maximum absolute atomic E-state index is 9.76. The van der Waals surface area contributed by atoms with Crippen molar-refractivity contribution in [3.05, 3.63) is 0 Å². The third-order valence-electron chi connectivity index (χ3n) is 4.27. The molecule has 1 aliphatic carbocycles. The zero-order chi connectivity index (χ0) is 12.9. The number of aliphatic hydroxyl groups is 1. The molecule has 1 saturated carbocycles. The van der Waals surface area contributed by atoms with Crippen LogP contribution in [0.3, 0.4) is 0 Å². The highest BCUT2D eigenvalue weighted by molar-refractivity contribution is 4.88. The molecule has 0 amide bonds. The summed E-state index contributed by atoms with van der Waals surface area (Å²) in [6.45, 7) is 6.55. The third-order valence-corrected chi connectivity index (χ3v) is 4.27. The molecule has 3 nitrogen and oxygen atoms in total. The molecule has 1 fully saturated rings. The lowest BCUT2D eigenvalue weighted by Crippen LogP contribution is -2.45. The summed E-state index contributed by atoms with van der Waals surface area (Å²) >= 11 is 0. The summed E-state index contributed by atoms with van der Waals surface area (Å²) < 4.78 is 5.20. The average molecular weight is 243 g/mol. The van der Waals surface area contributed by atoms with Crippen LogP contribution >= 0.6 is 0 Å². The van der Waals surface area contributed by atoms with Gasteiger partial charge in [-0.15, -0.1) is 0 Å². The molecule has 0 saturated heterocycles. The van der Waals surface area contributed by atoms with Crippen LogP contribution < -0.4 is 0 Å². The van der Waals surface area contributed by atoms with Gasteiger partial charge < -0.3 is 14.7 Å². The number of hydrogen-bond acceptors (Lipinski definition) is 3. The lowest BCUT2D eigenvalue weighted by molar-refractivity contribution is 0.0101. The van der Waals surface area contributed by atoms with Crippen molar-refractivity contribution in [2.24, 2.45) is 11.3 Å². The molecule has 1 rings (SSSR count). The molecule has 0 aliphatic heterocycles. The van der Waals surface area contributed by atoms with Gasteiger partial charge >= 0.3 is 0 Å². The Balaban J connectivity index is 2.55. The van der Waals surface area contributed by atoms with Crippen LogP contribution in [0.2, 0.25) is 0 Å². The van der Waals surface area contributed by atoms with Crippen molar-refractivity contribution in [3.8, 4) is 0 Å². The van der Waals surface area contributed by atoms with Gasteiger partial charge in [-0.2, -0.15) is 0 Å². The molecule has 1 aliphatic rings. The molecule has 3 atom stereocenters. The second-order valence-electron chi connectivity index (χ2n) is 6.08. The van der Waals surface area contributed by atoms with E-state index in [0.29, 0.717) is 12.6 Å². The normalized spacial score (nSPS) is 31.8. The molecule has 1 N–H and O–H groups in total. The number of likely N-dealkylation sites (N-methyl/N-ethyl adjacent to an activating group) is 1. The zero-order valence-electron chi connectivity index (χ0n) is 11.9. The van der Waals surface area contributed by atoms with Gasteiger partial charge in [-0.3, -0.25) is 0 Å². The molecule has 3 unspecified atom stereocenters. The Kier molecular flexibility index (Phi) is 5.90. The van der Waals surface area contributed by atoms with Gasteiger partial charge in [0.2, 0.25) is 0 Å². The summed E-state index contributed by atoms with van der Waals surface area (Å²) in [5, 5.41) is 9.76. The SMILES string of the molecule is COCC(C)N(C)CC1(CO)CCCC(C)C1. The Morgan fingerprint density at radius 2 is 2.24 bits per heavy atom. The smallest absolute Gasteiger partial charge is 0.0615 e. The minimum Gasteiger partial charge on any atom is -0.396 e. The number of hydrogen-bond donors (Lipinski definition) is 1. The zero-order valence-corrected chi connectivity index (χ0v) is 11.9. The summed E-state index contributed by atoms with van der Waals surface area (Å²) in [5.41, 5.74) is 0.119. The largest absolute Gasteiger partial charge is 0.396 e. The molecular weight excluding hydrogens is 214 g/mol. The lowest BCUT2D eigenvalue weighted by atomic mass is 9.70. The molecule has 0 aromatic rings. The average Bonchev–Trinajstić information content (AvgIpc) is 2.29. The lowest BCUT2D eigenvalue weighted by Gasteiger charge is -2.42. The van der Waals surface area contributed by atoms with Gasteiger partial charge in [0.05, 0.1) is 6.61 Å². The minimum atomic E-state index is 0.119. The first-order chi connectivity index (χ1) is 8.03. The van der Waals surface area contributed by atoms with E-state index in [0.717, 1.165) is 31.9 Å². The molecule has 3 heteroatoms. The van der Waals surface area contributed by atoms with Crippen molar-refractivity contribution in [1.29, 1.82) is 0 Å². The van der Waals surface area contributed by atoms with Gasteiger partial charge in [0.1, 0.15) is 0 Å². The fraction of sp³-hybridized carbons (Fsp3) is 1.00. The van der Waals surface area contributed by atoms with E-state index in [1.165, 1.54) is 12.8 Å². The first-order valence-electron chi connectivity index (χ1n) is 6.83. The standard InChI is InChI=1S/C14H29NO2/c1-12-6-5-7-14(8-12,11-16)10-15(3)13(2)9-17-4/h12-13,16H,5-11H2,1-4H3. The molecule has 17 heavy (non-hydrogen) atoms. The Morgan fingerprint density at radius 3 is 2.76 bits per heavy atom. The predicted molar refractivity (Wildman–Crippen MR) is 71.1 cm³/mol. The van der Waals surface area contributed by atoms with E-state index in [1.54, 1.807) is 7.11 Å². The fourth-order valence-electron chi connectivity index (χ4n) is 3.16. The molecular formula is C14H29NO2. The first-order valence-corrected chi connectivity index (χ1v) is 6.83. The van der Waals surface area contributed by atoms with Crippen molar-refractivity contribution < 1.29 is 9.84 Å². The van der Waals surface area contributed by atoms with E-state index in [9.17, 15) is 5.11 Å². The van der Waals surface area contributed by atoms with Crippen molar-refractivity contribution in [1.82, 2.24) is 4.90 Å². The number of nitrogens with zero attached hydrogens (tertiary/aromatic N) is 1. The van der Waals surface area contributed by atoms with E-state index in [1.807, 2.05) is 0 Å². The Morgan fingerprint density at radius 1 is 1.53 bits per heavy atom. The molecule has 0 radical (unpaired) electrons. The highest BCUT2D eigenvalue weighted by atomic mass is 16.5. The third kappa shape index (κ3) is 4.23. The topological polar surface area (TPSA) is 32.7 Å². The van der Waals surface area contributed by atoms with Crippen LogP contribution in [-0.4, -0.2) is 50.0 Å². The van der Waals surface area contributed by atoms with Crippen molar-refractivity contribution in [2.75, 3.05) is 33.9 Å². The summed E-state index contributed by atoms with van der Waals surface area (Å²) in [4.78, 5) is 2.33. The van der Waals surface area contributed by atoms with Gasteiger partial charge in [-0.25, -0.2) is 0 Å². The highest BCUT2D eigenvalue weighted by Crippen LogP contribution is 2.39. The van der Waals surface area contributed by atoms with E-state index in [2.05, 4.69) is 25.8 Å². The molecule has 0 aromatic heterocycles. The monoisotopic (exact) mass is 243 g/mol. The first kappa shape index (κ1) is 14.9. The number of methoxy groups -OCH3 is 1. The van der Waals surface area contributed by atoms with Crippen molar-refractivity contribution in [2.45, 2.75) is 45.6 Å². The molecule has 0 heterocycles. The summed E-state index contributed by atoms with van der Waals surface area (Å²) in [6.07, 6.45) is 4.90. The van der Waals surface area contributed by atoms with E-state index in [4.69, 9.17) is 4.74 Å². The van der Waals surface area contributed by atoms with Crippen LogP contribution in [0.4, 0.5) is 0 Å². The summed E-state index contributed by atoms with van der Waals surface area (Å²) in [6, 6.07) is 0.417. The van der Waals surface area contributed by atoms with Gasteiger partial charge in [0.15, 0.2) is 0 Å². The van der Waals surface area contributed by atoms with Crippen LogP contribution in [-0.2, 0) is 4.74 Å². The summed E-state index contributed by atoms with van der Waals surface area (Å²) in [5.74, 6) is 0.752. The van der Waals surface area contributed by atoms with Crippen LogP contribution in [0.15, 0.2) is 0 Å². The fourth-order valence-corrected chi connectivity index (χ4v) is 3.16. The van der Waals surface area contributed by atoms with Gasteiger partial charge in [0.25, 0.3) is 0 Å². The van der Waals surface area contributed by atoms with Crippen LogP contribution in [0, 0.1) is 11.3 Å². The van der Waals surface area contributed by atoms with E-state index < -0.39 is 0 Å². The van der Waals surface area contributed by atoms with Gasteiger partial charge in [-0.05, 0) is 32.7 Å². The molecule has 102 valence electrons. The number of ether oxygens (including phenoxy) is 1. The number of rotatable bonds is 6. The maximum Gasteiger partial charge on any atom is 0.0615 e. The van der Waals surface area contributed by atoms with Crippen LogP contribution in [0.25, 0.3) is 0 Å². The van der Waals surface area contributed by atoms with Crippen LogP contribution in [0.5, 0.6) is 0 Å². The van der Waals surface area contributed by atoms with Crippen molar-refractivity contribution >= 4 is 0 Å². The number of aliphatic hydroxyl groups excluding tert-OH is 1. The quantitative estimate of drug-likeness (QED) is 0.776. The molecule has 0 aromatic carbocycles. The Hall–Kier alpha value is -0.120. The second kappa shape index (κ2) is 6.72. The minimum absolute atomic E-state index is 0.119.